The number of thioether (sulfide) groups is 1. The minimum atomic E-state index is -0.312. The van der Waals surface area contributed by atoms with Crippen LogP contribution >= 0.6 is 23.4 Å². The summed E-state index contributed by atoms with van der Waals surface area (Å²) < 4.78 is 0. The zero-order valence-electron chi connectivity index (χ0n) is 18.7. The molecular weight excluding hydrogens is 430 g/mol. The van der Waals surface area contributed by atoms with Crippen LogP contribution in [0.25, 0.3) is 6.08 Å². The average Bonchev–Trinajstić information content (AvgIpc) is 2.90. The molecular formula is C25H28ClNO3S. The maximum atomic E-state index is 13.0. The molecule has 0 bridgehead atoms. The minimum Gasteiger partial charge on any atom is -0.507 e. The molecule has 1 fully saturated rings. The molecule has 0 spiro atoms. The summed E-state index contributed by atoms with van der Waals surface area (Å²) in [6.07, 6.45) is 1.75. The molecule has 6 heteroatoms. The van der Waals surface area contributed by atoms with E-state index in [4.69, 9.17) is 11.6 Å². The molecule has 2 aromatic carbocycles. The van der Waals surface area contributed by atoms with Crippen LogP contribution in [-0.4, -0.2) is 21.2 Å². The number of hydrogen-bond acceptors (Lipinski definition) is 4. The summed E-state index contributed by atoms with van der Waals surface area (Å²) in [5.41, 5.74) is 2.70. The second kappa shape index (κ2) is 8.36. The Balaban J connectivity index is 1.98. The van der Waals surface area contributed by atoms with E-state index < -0.39 is 0 Å². The fraction of sp³-hybridized carbons (Fsp3) is 0.360. The highest BCUT2D eigenvalue weighted by molar-refractivity contribution is 8.18. The van der Waals surface area contributed by atoms with E-state index in [0.29, 0.717) is 9.93 Å². The molecule has 0 radical (unpaired) electrons. The number of benzene rings is 2. The zero-order chi connectivity index (χ0) is 23.1. The van der Waals surface area contributed by atoms with Gasteiger partial charge in [0, 0.05) is 16.1 Å². The largest absolute Gasteiger partial charge is 0.507 e. The number of phenolic OH excluding ortho intramolecular Hbond substituents is 1. The van der Waals surface area contributed by atoms with Gasteiger partial charge in [-0.3, -0.25) is 14.5 Å². The van der Waals surface area contributed by atoms with Crippen LogP contribution in [0, 0.1) is 0 Å². The SMILES string of the molecule is CC(C)(C)c1cc(C=C2SC(=O)N(Cc3ccc(Cl)cc3)C2=O)cc(C(C)(C)C)c1O. The lowest BCUT2D eigenvalue weighted by molar-refractivity contribution is -0.123. The lowest BCUT2D eigenvalue weighted by Gasteiger charge is -2.28. The van der Waals surface area contributed by atoms with Crippen LogP contribution < -0.4 is 0 Å². The summed E-state index contributed by atoms with van der Waals surface area (Å²) in [5.74, 6) is -0.0272. The molecule has 1 heterocycles. The third-order valence-corrected chi connectivity index (χ3v) is 6.33. The first kappa shape index (κ1) is 23.4. The zero-order valence-corrected chi connectivity index (χ0v) is 20.3. The quantitative estimate of drug-likeness (QED) is 0.510. The van der Waals surface area contributed by atoms with E-state index >= 15 is 0 Å². The number of hydrogen-bond donors (Lipinski definition) is 1. The summed E-state index contributed by atoms with van der Waals surface area (Å²) >= 11 is 6.86. The second-order valence-corrected chi connectivity index (χ2v) is 11.3. The van der Waals surface area contributed by atoms with Gasteiger partial charge in [-0.25, -0.2) is 0 Å². The number of aromatic hydroxyl groups is 1. The fourth-order valence-electron chi connectivity index (χ4n) is 3.44. The highest BCUT2D eigenvalue weighted by Crippen LogP contribution is 2.41. The van der Waals surface area contributed by atoms with Crippen LogP contribution in [0.15, 0.2) is 41.3 Å². The number of amides is 2. The molecule has 1 saturated heterocycles. The van der Waals surface area contributed by atoms with Gasteiger partial charge in [-0.1, -0.05) is 65.3 Å². The van der Waals surface area contributed by atoms with Crippen molar-refractivity contribution < 1.29 is 14.7 Å². The van der Waals surface area contributed by atoms with E-state index in [1.807, 2.05) is 53.7 Å². The van der Waals surface area contributed by atoms with Gasteiger partial charge in [0.2, 0.25) is 0 Å². The van der Waals surface area contributed by atoms with Gasteiger partial charge in [0.25, 0.3) is 11.1 Å². The molecule has 1 N–H and O–H groups in total. The maximum absolute atomic E-state index is 13.0. The summed E-state index contributed by atoms with van der Waals surface area (Å²) in [6.45, 7) is 12.4. The average molecular weight is 458 g/mol. The Morgan fingerprint density at radius 3 is 1.97 bits per heavy atom. The topological polar surface area (TPSA) is 57.6 Å². The van der Waals surface area contributed by atoms with Crippen molar-refractivity contribution in [2.24, 2.45) is 0 Å². The standard InChI is InChI=1S/C25H28ClNO3S/c1-24(2,3)18-11-16(12-19(21(18)28)25(4,5)6)13-20-22(29)27(23(30)31-20)14-15-7-9-17(26)10-8-15/h7-13,28H,14H2,1-6H3. The molecule has 2 amide bonds. The van der Waals surface area contributed by atoms with Gasteiger partial charge in [0.15, 0.2) is 0 Å². The van der Waals surface area contributed by atoms with Crippen molar-refractivity contribution in [1.29, 1.82) is 0 Å². The van der Waals surface area contributed by atoms with Gasteiger partial charge >= 0.3 is 0 Å². The Bertz CT molecular complexity index is 1020. The molecule has 0 atom stereocenters. The smallest absolute Gasteiger partial charge is 0.293 e. The number of phenols is 1. The van der Waals surface area contributed by atoms with Crippen LogP contribution in [-0.2, 0) is 22.2 Å². The molecule has 4 nitrogen and oxygen atoms in total. The molecule has 3 rings (SSSR count). The van der Waals surface area contributed by atoms with E-state index in [9.17, 15) is 14.7 Å². The molecule has 0 aliphatic carbocycles. The van der Waals surface area contributed by atoms with Crippen molar-refractivity contribution in [2.75, 3.05) is 0 Å². The number of imide groups is 1. The van der Waals surface area contributed by atoms with Gasteiger partial charge < -0.3 is 5.11 Å². The molecule has 164 valence electrons. The predicted octanol–water partition coefficient (Wildman–Crippen LogP) is 6.88. The van der Waals surface area contributed by atoms with Gasteiger partial charge in [-0.05, 0) is 64.1 Å². The summed E-state index contributed by atoms with van der Waals surface area (Å²) in [4.78, 5) is 27.1. The van der Waals surface area contributed by atoms with Crippen molar-refractivity contribution in [1.82, 2.24) is 4.90 Å². The Kier molecular flexibility index (Phi) is 6.32. The Labute approximate surface area is 193 Å². The Morgan fingerprint density at radius 2 is 1.48 bits per heavy atom. The van der Waals surface area contributed by atoms with Crippen molar-refractivity contribution in [3.8, 4) is 5.75 Å². The molecule has 0 saturated carbocycles. The van der Waals surface area contributed by atoms with E-state index in [1.165, 1.54) is 4.90 Å². The highest BCUT2D eigenvalue weighted by atomic mass is 35.5. The van der Waals surface area contributed by atoms with E-state index in [2.05, 4.69) is 0 Å². The van der Waals surface area contributed by atoms with E-state index in [-0.39, 0.29) is 34.3 Å². The number of nitrogens with zero attached hydrogens (tertiary/aromatic N) is 1. The number of carbonyl (C=O) groups is 2. The monoisotopic (exact) mass is 457 g/mol. The maximum Gasteiger partial charge on any atom is 0.293 e. The molecule has 2 aromatic rings. The van der Waals surface area contributed by atoms with Crippen molar-refractivity contribution in [3.05, 3.63) is 68.6 Å². The lowest BCUT2D eigenvalue weighted by Crippen LogP contribution is -2.27. The molecule has 0 aromatic heterocycles. The number of rotatable bonds is 3. The first-order valence-electron chi connectivity index (χ1n) is 10.1. The molecule has 1 aliphatic heterocycles. The molecule has 31 heavy (non-hydrogen) atoms. The normalized spacial score (nSPS) is 16.5. The van der Waals surface area contributed by atoms with Crippen molar-refractivity contribution in [3.63, 3.8) is 0 Å². The number of carbonyl (C=O) groups excluding carboxylic acids is 2. The van der Waals surface area contributed by atoms with Crippen molar-refractivity contribution in [2.45, 2.75) is 58.9 Å². The van der Waals surface area contributed by atoms with Gasteiger partial charge in [-0.15, -0.1) is 0 Å². The van der Waals surface area contributed by atoms with Gasteiger partial charge in [0.1, 0.15) is 5.75 Å². The first-order valence-corrected chi connectivity index (χ1v) is 11.3. The summed E-state index contributed by atoms with van der Waals surface area (Å²) in [6, 6.07) is 10.9. The van der Waals surface area contributed by atoms with Crippen LogP contribution in [0.1, 0.15) is 63.8 Å². The predicted molar refractivity (Wildman–Crippen MR) is 128 cm³/mol. The minimum absolute atomic E-state index is 0.204. The molecule has 0 unspecified atom stereocenters. The second-order valence-electron chi connectivity index (χ2n) is 9.86. The van der Waals surface area contributed by atoms with Crippen LogP contribution in [0.2, 0.25) is 5.02 Å². The highest BCUT2D eigenvalue weighted by Gasteiger charge is 2.35. The van der Waals surface area contributed by atoms with Crippen LogP contribution in [0.3, 0.4) is 0 Å². The third kappa shape index (κ3) is 5.16. The number of halogens is 1. The first-order chi connectivity index (χ1) is 14.3. The van der Waals surface area contributed by atoms with Gasteiger partial charge in [0.05, 0.1) is 11.4 Å². The lowest BCUT2D eigenvalue weighted by atomic mass is 9.78. The third-order valence-electron chi connectivity index (χ3n) is 5.17. The van der Waals surface area contributed by atoms with Gasteiger partial charge in [-0.2, -0.15) is 0 Å². The molecule has 1 aliphatic rings. The van der Waals surface area contributed by atoms with E-state index in [1.54, 1.807) is 30.3 Å². The van der Waals surface area contributed by atoms with Crippen LogP contribution in [0.4, 0.5) is 4.79 Å². The summed E-state index contributed by atoms with van der Waals surface area (Å²) in [7, 11) is 0. The Morgan fingerprint density at radius 1 is 0.968 bits per heavy atom. The Hall–Kier alpha value is -2.24. The fourth-order valence-corrected chi connectivity index (χ4v) is 4.41. The summed E-state index contributed by atoms with van der Waals surface area (Å²) in [5, 5.41) is 11.2. The van der Waals surface area contributed by atoms with Crippen molar-refractivity contribution >= 4 is 40.6 Å². The van der Waals surface area contributed by atoms with E-state index in [0.717, 1.165) is 34.0 Å². The van der Waals surface area contributed by atoms with Crippen LogP contribution in [0.5, 0.6) is 5.75 Å².